The molecule has 1 heterocycles. The molecule has 12 heavy (non-hydrogen) atoms. The molecule has 1 atom stereocenters. The monoisotopic (exact) mass is 191 g/mol. The van der Waals surface area contributed by atoms with Crippen LogP contribution in [0.15, 0.2) is 0 Å². The number of nitrogens with zero attached hydrogens (tertiary/aromatic N) is 1. The minimum Gasteiger partial charge on any atom is -0.433 e. The van der Waals surface area contributed by atoms with Gasteiger partial charge in [-0.25, -0.2) is 4.79 Å². The number of amides is 1. The highest BCUT2D eigenvalue weighted by Crippen LogP contribution is 2.17. The van der Waals surface area contributed by atoms with E-state index in [2.05, 4.69) is 0 Å². The zero-order valence-electron chi connectivity index (χ0n) is 7.25. The molecule has 0 spiro atoms. The molecule has 70 valence electrons. The predicted octanol–water partition coefficient (Wildman–Crippen LogP) is 2.19. The molecule has 1 unspecified atom stereocenters. The van der Waals surface area contributed by atoms with E-state index in [1.807, 2.05) is 6.92 Å². The third-order valence-electron chi connectivity index (χ3n) is 2.22. The summed E-state index contributed by atoms with van der Waals surface area (Å²) in [6, 6.07) is 0.247. The van der Waals surface area contributed by atoms with E-state index in [1.165, 1.54) is 6.42 Å². The van der Waals surface area contributed by atoms with Gasteiger partial charge in [-0.15, -0.1) is 0 Å². The number of carbonyl (C=O) groups excluding carboxylic acids is 1. The van der Waals surface area contributed by atoms with Crippen molar-refractivity contribution in [1.29, 1.82) is 0 Å². The average Bonchev–Trinajstić information content (AvgIpc) is 2.05. The highest BCUT2D eigenvalue weighted by atomic mass is 35.5. The number of piperidine rings is 1. The number of likely N-dealkylation sites (tertiary alicyclic amines) is 1. The van der Waals surface area contributed by atoms with Gasteiger partial charge in [0.2, 0.25) is 0 Å². The first-order valence-corrected chi connectivity index (χ1v) is 4.78. The van der Waals surface area contributed by atoms with Crippen molar-refractivity contribution in [3.05, 3.63) is 0 Å². The van der Waals surface area contributed by atoms with Gasteiger partial charge in [0.15, 0.2) is 6.07 Å². The zero-order valence-corrected chi connectivity index (χ0v) is 8.01. The number of hydrogen-bond acceptors (Lipinski definition) is 2. The SMILES string of the molecule is CC1CCCCN1C(=O)OCCl. The van der Waals surface area contributed by atoms with Crippen LogP contribution in [-0.2, 0) is 4.74 Å². The minimum absolute atomic E-state index is 0.0535. The molecule has 0 radical (unpaired) electrons. The summed E-state index contributed by atoms with van der Waals surface area (Å²) in [7, 11) is 0. The lowest BCUT2D eigenvalue weighted by molar-refractivity contribution is 0.0897. The summed E-state index contributed by atoms with van der Waals surface area (Å²) in [5.41, 5.74) is 0. The van der Waals surface area contributed by atoms with Gasteiger partial charge in [-0.1, -0.05) is 11.6 Å². The second-order valence-corrected chi connectivity index (χ2v) is 3.28. The summed E-state index contributed by atoms with van der Waals surface area (Å²) in [6.45, 7) is 2.84. The first kappa shape index (κ1) is 9.65. The molecule has 0 aliphatic carbocycles. The van der Waals surface area contributed by atoms with E-state index in [-0.39, 0.29) is 12.2 Å². The lowest BCUT2D eigenvalue weighted by Crippen LogP contribution is -2.42. The Morgan fingerprint density at radius 2 is 2.42 bits per heavy atom. The summed E-state index contributed by atoms with van der Waals surface area (Å²) in [6.07, 6.45) is 3.06. The molecule has 1 aliphatic rings. The Bertz CT molecular complexity index is 163. The van der Waals surface area contributed by atoms with Gasteiger partial charge in [-0.05, 0) is 26.2 Å². The first-order valence-electron chi connectivity index (χ1n) is 4.25. The van der Waals surface area contributed by atoms with Crippen LogP contribution in [0, 0.1) is 0 Å². The van der Waals surface area contributed by atoms with Crippen LogP contribution < -0.4 is 0 Å². The molecule has 0 aromatic carbocycles. The van der Waals surface area contributed by atoms with E-state index in [0.29, 0.717) is 6.04 Å². The van der Waals surface area contributed by atoms with Crippen molar-refractivity contribution < 1.29 is 9.53 Å². The van der Waals surface area contributed by atoms with Crippen molar-refractivity contribution in [2.45, 2.75) is 32.2 Å². The number of alkyl halides is 1. The van der Waals surface area contributed by atoms with Crippen molar-refractivity contribution in [2.75, 3.05) is 12.6 Å². The molecule has 4 heteroatoms. The highest BCUT2D eigenvalue weighted by molar-refractivity contribution is 6.17. The first-order chi connectivity index (χ1) is 5.75. The van der Waals surface area contributed by atoms with Crippen LogP contribution in [0.2, 0.25) is 0 Å². The minimum atomic E-state index is -0.280. The Morgan fingerprint density at radius 1 is 1.67 bits per heavy atom. The topological polar surface area (TPSA) is 29.5 Å². The van der Waals surface area contributed by atoms with Crippen molar-refractivity contribution in [1.82, 2.24) is 4.90 Å². The molecule has 1 fully saturated rings. The molecule has 0 saturated carbocycles. The molecule has 1 aliphatic heterocycles. The van der Waals surface area contributed by atoms with Crippen molar-refractivity contribution in [3.8, 4) is 0 Å². The Kier molecular flexibility index (Phi) is 3.66. The Labute approximate surface area is 77.6 Å². The van der Waals surface area contributed by atoms with Gasteiger partial charge in [-0.3, -0.25) is 0 Å². The van der Waals surface area contributed by atoms with Gasteiger partial charge in [0.25, 0.3) is 0 Å². The number of halogens is 1. The third-order valence-corrected chi connectivity index (χ3v) is 2.32. The fourth-order valence-electron chi connectivity index (χ4n) is 1.50. The molecule has 1 saturated heterocycles. The largest absolute Gasteiger partial charge is 0.433 e. The number of carbonyl (C=O) groups is 1. The van der Waals surface area contributed by atoms with Crippen molar-refractivity contribution in [3.63, 3.8) is 0 Å². The van der Waals surface area contributed by atoms with E-state index in [4.69, 9.17) is 16.3 Å². The van der Waals surface area contributed by atoms with Gasteiger partial charge in [-0.2, -0.15) is 0 Å². The molecular formula is C8H14ClNO2. The lowest BCUT2D eigenvalue weighted by Gasteiger charge is -2.32. The number of hydrogen-bond donors (Lipinski definition) is 0. The third kappa shape index (κ3) is 2.27. The van der Waals surface area contributed by atoms with Gasteiger partial charge in [0.1, 0.15) is 0 Å². The van der Waals surface area contributed by atoms with Crippen LogP contribution in [0.1, 0.15) is 26.2 Å². The van der Waals surface area contributed by atoms with E-state index in [9.17, 15) is 4.79 Å². The van der Waals surface area contributed by atoms with Crippen LogP contribution in [0.5, 0.6) is 0 Å². The van der Waals surface area contributed by atoms with Crippen LogP contribution in [-0.4, -0.2) is 29.6 Å². The van der Waals surface area contributed by atoms with Gasteiger partial charge in [0.05, 0.1) is 0 Å². The number of rotatable bonds is 1. The Balaban J connectivity index is 2.42. The van der Waals surface area contributed by atoms with Crippen LogP contribution in [0.4, 0.5) is 4.79 Å². The normalized spacial score (nSPS) is 23.8. The molecular weight excluding hydrogens is 178 g/mol. The second-order valence-electron chi connectivity index (χ2n) is 3.06. The zero-order chi connectivity index (χ0) is 8.97. The molecule has 0 N–H and O–H groups in total. The summed E-state index contributed by atoms with van der Waals surface area (Å²) in [5, 5.41) is 0. The molecule has 1 amide bonds. The molecule has 0 aromatic rings. The van der Waals surface area contributed by atoms with Crippen molar-refractivity contribution in [2.24, 2.45) is 0 Å². The van der Waals surface area contributed by atoms with Crippen LogP contribution in [0.25, 0.3) is 0 Å². The predicted molar refractivity (Wildman–Crippen MR) is 47.2 cm³/mol. The Hall–Kier alpha value is -0.440. The fourth-order valence-corrected chi connectivity index (χ4v) is 1.59. The summed E-state index contributed by atoms with van der Waals surface area (Å²) < 4.78 is 4.70. The number of ether oxygens (including phenoxy) is 1. The summed E-state index contributed by atoms with van der Waals surface area (Å²) in [5.74, 6) is 0. The molecule has 3 nitrogen and oxygen atoms in total. The molecule has 0 bridgehead atoms. The van der Waals surface area contributed by atoms with E-state index < -0.39 is 0 Å². The standard InChI is InChI=1S/C8H14ClNO2/c1-7-4-2-3-5-10(7)8(11)12-6-9/h7H,2-6H2,1H3. The van der Waals surface area contributed by atoms with Crippen LogP contribution >= 0.6 is 11.6 Å². The maximum Gasteiger partial charge on any atom is 0.411 e. The lowest BCUT2D eigenvalue weighted by atomic mass is 10.0. The summed E-state index contributed by atoms with van der Waals surface area (Å²) in [4.78, 5) is 13.0. The highest BCUT2D eigenvalue weighted by Gasteiger charge is 2.23. The van der Waals surface area contributed by atoms with Gasteiger partial charge < -0.3 is 9.64 Å². The second kappa shape index (κ2) is 4.55. The van der Waals surface area contributed by atoms with Crippen LogP contribution in [0.3, 0.4) is 0 Å². The smallest absolute Gasteiger partial charge is 0.411 e. The van der Waals surface area contributed by atoms with E-state index in [0.717, 1.165) is 19.4 Å². The van der Waals surface area contributed by atoms with Crippen molar-refractivity contribution >= 4 is 17.7 Å². The molecule has 0 aromatic heterocycles. The average molecular weight is 192 g/mol. The maximum atomic E-state index is 11.2. The summed E-state index contributed by atoms with van der Waals surface area (Å²) >= 11 is 5.29. The fraction of sp³-hybridized carbons (Fsp3) is 0.875. The maximum absolute atomic E-state index is 11.2. The van der Waals surface area contributed by atoms with Gasteiger partial charge in [0, 0.05) is 12.6 Å². The van der Waals surface area contributed by atoms with Gasteiger partial charge >= 0.3 is 6.09 Å². The Morgan fingerprint density at radius 3 is 3.00 bits per heavy atom. The molecule has 1 rings (SSSR count). The quantitative estimate of drug-likeness (QED) is 0.595. The van der Waals surface area contributed by atoms with E-state index in [1.54, 1.807) is 4.90 Å². The van der Waals surface area contributed by atoms with E-state index >= 15 is 0 Å².